The summed E-state index contributed by atoms with van der Waals surface area (Å²) in [6.45, 7) is 6.95. The van der Waals surface area contributed by atoms with Gasteiger partial charge in [-0.15, -0.1) is 11.6 Å². The highest BCUT2D eigenvalue weighted by Crippen LogP contribution is 2.26. The lowest BCUT2D eigenvalue weighted by molar-refractivity contribution is 0.0425. The van der Waals surface area contributed by atoms with Gasteiger partial charge in [-0.3, -0.25) is 0 Å². The van der Waals surface area contributed by atoms with Crippen molar-refractivity contribution in [1.29, 1.82) is 0 Å². The fourth-order valence-electron chi connectivity index (χ4n) is 2.96. The Bertz CT molecular complexity index is 406. The second-order valence-electron chi connectivity index (χ2n) is 5.56. The molecule has 3 heteroatoms. The minimum absolute atomic E-state index is 0.172. The van der Waals surface area contributed by atoms with Crippen LogP contribution < -0.4 is 5.32 Å². The molecular formula is C17H26ClNO. The third kappa shape index (κ3) is 3.97. The Morgan fingerprint density at radius 1 is 1.30 bits per heavy atom. The molecule has 0 bridgehead atoms. The molecule has 1 aromatic rings. The SMILES string of the molecule is CCC(CC)C(Cl)CNCC1OCCc2ccccc21. The van der Waals surface area contributed by atoms with E-state index in [1.807, 2.05) is 0 Å². The van der Waals surface area contributed by atoms with Crippen LogP contribution in [0.3, 0.4) is 0 Å². The number of nitrogens with one attached hydrogen (secondary N) is 1. The van der Waals surface area contributed by atoms with Crippen LogP contribution in [0, 0.1) is 5.92 Å². The molecule has 2 rings (SSSR count). The number of rotatable bonds is 7. The van der Waals surface area contributed by atoms with Crippen molar-refractivity contribution in [3.05, 3.63) is 35.4 Å². The molecule has 20 heavy (non-hydrogen) atoms. The van der Waals surface area contributed by atoms with Crippen LogP contribution in [0.4, 0.5) is 0 Å². The van der Waals surface area contributed by atoms with Gasteiger partial charge < -0.3 is 10.1 Å². The third-order valence-corrected chi connectivity index (χ3v) is 4.83. The van der Waals surface area contributed by atoms with Gasteiger partial charge in [0, 0.05) is 18.5 Å². The molecule has 2 unspecified atom stereocenters. The lowest BCUT2D eigenvalue weighted by atomic mass is 9.97. The molecule has 0 aromatic heterocycles. The van der Waals surface area contributed by atoms with E-state index in [4.69, 9.17) is 16.3 Å². The number of ether oxygens (including phenoxy) is 1. The standard InChI is InChI=1S/C17H26ClNO/c1-3-13(4-2)16(18)11-19-12-17-15-8-6-5-7-14(15)9-10-20-17/h5-8,13,16-17,19H,3-4,9-12H2,1-2H3. The number of hydrogen-bond acceptors (Lipinski definition) is 2. The zero-order valence-electron chi connectivity index (χ0n) is 12.6. The van der Waals surface area contributed by atoms with Gasteiger partial charge in [0.05, 0.1) is 12.7 Å². The van der Waals surface area contributed by atoms with Crippen LogP contribution in [0.25, 0.3) is 0 Å². The van der Waals surface area contributed by atoms with Gasteiger partial charge in [0.15, 0.2) is 0 Å². The van der Waals surface area contributed by atoms with Gasteiger partial charge in [-0.05, 0) is 23.5 Å². The molecule has 0 saturated carbocycles. The fourth-order valence-corrected chi connectivity index (χ4v) is 3.43. The molecule has 1 N–H and O–H groups in total. The summed E-state index contributed by atoms with van der Waals surface area (Å²) in [5.41, 5.74) is 2.76. The summed E-state index contributed by atoms with van der Waals surface area (Å²) in [5.74, 6) is 0.601. The molecule has 2 nitrogen and oxygen atoms in total. The van der Waals surface area contributed by atoms with Gasteiger partial charge in [0.2, 0.25) is 0 Å². The largest absolute Gasteiger partial charge is 0.372 e. The molecule has 0 saturated heterocycles. The van der Waals surface area contributed by atoms with E-state index in [9.17, 15) is 0 Å². The normalized spacial score (nSPS) is 19.9. The molecule has 1 aliphatic rings. The van der Waals surface area contributed by atoms with E-state index in [1.54, 1.807) is 0 Å². The highest BCUT2D eigenvalue weighted by Gasteiger charge is 2.21. The number of alkyl halides is 1. The first-order valence-electron chi connectivity index (χ1n) is 7.80. The summed E-state index contributed by atoms with van der Waals surface area (Å²) in [5, 5.41) is 3.70. The van der Waals surface area contributed by atoms with Crippen molar-refractivity contribution < 1.29 is 4.74 Å². The second kappa shape index (κ2) is 8.02. The maximum absolute atomic E-state index is 6.46. The number of halogens is 1. The monoisotopic (exact) mass is 295 g/mol. The van der Waals surface area contributed by atoms with E-state index < -0.39 is 0 Å². The van der Waals surface area contributed by atoms with Crippen molar-refractivity contribution in [3.8, 4) is 0 Å². The van der Waals surface area contributed by atoms with Crippen molar-refractivity contribution in [2.75, 3.05) is 19.7 Å². The van der Waals surface area contributed by atoms with Crippen LogP contribution in [0.1, 0.15) is 43.9 Å². The van der Waals surface area contributed by atoms with E-state index >= 15 is 0 Å². The van der Waals surface area contributed by atoms with Crippen LogP contribution in [0.15, 0.2) is 24.3 Å². The van der Waals surface area contributed by atoms with Crippen LogP contribution in [-0.4, -0.2) is 25.1 Å². The van der Waals surface area contributed by atoms with Crippen LogP contribution in [0.5, 0.6) is 0 Å². The highest BCUT2D eigenvalue weighted by molar-refractivity contribution is 6.21. The first-order valence-corrected chi connectivity index (χ1v) is 8.24. The Hall–Kier alpha value is -0.570. The van der Waals surface area contributed by atoms with Crippen LogP contribution in [0.2, 0.25) is 0 Å². The van der Waals surface area contributed by atoms with E-state index in [1.165, 1.54) is 11.1 Å². The van der Waals surface area contributed by atoms with E-state index in [0.29, 0.717) is 5.92 Å². The summed E-state index contributed by atoms with van der Waals surface area (Å²) in [7, 11) is 0. The molecule has 0 fully saturated rings. The molecule has 0 aliphatic carbocycles. The Morgan fingerprint density at radius 3 is 2.80 bits per heavy atom. The molecular weight excluding hydrogens is 270 g/mol. The lowest BCUT2D eigenvalue weighted by Gasteiger charge is -2.27. The number of hydrogen-bond donors (Lipinski definition) is 1. The summed E-state index contributed by atoms with van der Waals surface area (Å²) in [6.07, 6.45) is 3.49. The molecule has 1 heterocycles. The molecule has 2 atom stereocenters. The summed E-state index contributed by atoms with van der Waals surface area (Å²) < 4.78 is 5.89. The van der Waals surface area contributed by atoms with Gasteiger partial charge in [-0.25, -0.2) is 0 Å². The first kappa shape index (κ1) is 15.8. The van der Waals surface area contributed by atoms with Crippen LogP contribution in [-0.2, 0) is 11.2 Å². The number of benzene rings is 1. The van der Waals surface area contributed by atoms with Crippen molar-refractivity contribution in [2.45, 2.75) is 44.6 Å². The highest BCUT2D eigenvalue weighted by atomic mass is 35.5. The zero-order valence-corrected chi connectivity index (χ0v) is 13.3. The molecule has 112 valence electrons. The van der Waals surface area contributed by atoms with Gasteiger partial charge in [-0.2, -0.15) is 0 Å². The first-order chi connectivity index (χ1) is 9.76. The second-order valence-corrected chi connectivity index (χ2v) is 6.12. The molecule has 0 spiro atoms. The maximum Gasteiger partial charge on any atom is 0.0952 e. The average Bonchev–Trinajstić information content (AvgIpc) is 2.49. The lowest BCUT2D eigenvalue weighted by Crippen LogP contribution is -2.33. The zero-order chi connectivity index (χ0) is 14.4. The predicted octanol–water partition coefficient (Wildman–Crippen LogP) is 3.93. The molecule has 1 aromatic carbocycles. The molecule has 0 radical (unpaired) electrons. The van der Waals surface area contributed by atoms with Gasteiger partial charge in [0.25, 0.3) is 0 Å². The topological polar surface area (TPSA) is 21.3 Å². The van der Waals surface area contributed by atoms with Crippen LogP contribution >= 0.6 is 11.6 Å². The quantitative estimate of drug-likeness (QED) is 0.770. The van der Waals surface area contributed by atoms with Gasteiger partial charge >= 0.3 is 0 Å². The minimum atomic E-state index is 0.172. The Balaban J connectivity index is 1.83. The van der Waals surface area contributed by atoms with E-state index in [0.717, 1.165) is 39.0 Å². The van der Waals surface area contributed by atoms with E-state index in [-0.39, 0.29) is 11.5 Å². The molecule has 1 aliphatic heterocycles. The van der Waals surface area contributed by atoms with Crippen molar-refractivity contribution >= 4 is 11.6 Å². The average molecular weight is 296 g/mol. The van der Waals surface area contributed by atoms with Crippen molar-refractivity contribution in [1.82, 2.24) is 5.32 Å². The minimum Gasteiger partial charge on any atom is -0.372 e. The van der Waals surface area contributed by atoms with E-state index in [2.05, 4.69) is 43.4 Å². The molecule has 0 amide bonds. The fraction of sp³-hybridized carbons (Fsp3) is 0.647. The summed E-state index contributed by atoms with van der Waals surface area (Å²) in [4.78, 5) is 0. The van der Waals surface area contributed by atoms with Crippen molar-refractivity contribution in [2.24, 2.45) is 5.92 Å². The van der Waals surface area contributed by atoms with Crippen molar-refractivity contribution in [3.63, 3.8) is 0 Å². The maximum atomic E-state index is 6.46. The summed E-state index contributed by atoms with van der Waals surface area (Å²) >= 11 is 6.46. The third-order valence-electron chi connectivity index (χ3n) is 4.32. The smallest absolute Gasteiger partial charge is 0.0952 e. The Kier molecular flexibility index (Phi) is 6.34. The Labute approximate surface area is 127 Å². The van der Waals surface area contributed by atoms with Gasteiger partial charge in [0.1, 0.15) is 0 Å². The summed E-state index contributed by atoms with van der Waals surface area (Å²) in [6, 6.07) is 8.59. The number of fused-ring (bicyclic) bond motifs is 1. The predicted molar refractivity (Wildman–Crippen MR) is 85.4 cm³/mol. The van der Waals surface area contributed by atoms with Gasteiger partial charge in [-0.1, -0.05) is 51.0 Å². The Morgan fingerprint density at radius 2 is 2.05 bits per heavy atom.